The fourth-order valence-electron chi connectivity index (χ4n) is 3.38. The SMILES string of the molecule is O=C(O)[C@@H]1C[C@@H](S(=O)(=O)c2ccc(N3CCCC3=O)cc2C(F)(F)F)CN1. The maximum Gasteiger partial charge on any atom is 0.417 e. The monoisotopic (exact) mass is 406 g/mol. The van der Waals surface area contributed by atoms with Crippen LogP contribution >= 0.6 is 0 Å². The van der Waals surface area contributed by atoms with E-state index in [9.17, 15) is 31.2 Å². The van der Waals surface area contributed by atoms with Crippen LogP contribution in [0.25, 0.3) is 0 Å². The maximum atomic E-state index is 13.6. The van der Waals surface area contributed by atoms with E-state index in [0.29, 0.717) is 12.5 Å². The topological polar surface area (TPSA) is 104 Å². The third kappa shape index (κ3) is 3.65. The average Bonchev–Trinajstić information content (AvgIpc) is 3.22. The van der Waals surface area contributed by atoms with Crippen LogP contribution in [0, 0.1) is 0 Å². The van der Waals surface area contributed by atoms with Crippen molar-refractivity contribution in [2.45, 2.75) is 41.6 Å². The van der Waals surface area contributed by atoms with E-state index >= 15 is 0 Å². The molecule has 0 aromatic heterocycles. The number of anilines is 1. The van der Waals surface area contributed by atoms with E-state index in [1.165, 1.54) is 11.0 Å². The minimum absolute atomic E-state index is 0.00302. The zero-order valence-corrected chi connectivity index (χ0v) is 14.8. The van der Waals surface area contributed by atoms with Gasteiger partial charge in [0, 0.05) is 25.2 Å². The Kier molecular flexibility index (Phi) is 4.93. The second-order valence-corrected chi connectivity index (χ2v) is 8.73. The van der Waals surface area contributed by atoms with Gasteiger partial charge in [0.2, 0.25) is 5.91 Å². The molecule has 1 aromatic carbocycles. The van der Waals surface area contributed by atoms with Crippen LogP contribution in [0.3, 0.4) is 0 Å². The van der Waals surface area contributed by atoms with Crippen LogP contribution < -0.4 is 10.2 Å². The van der Waals surface area contributed by atoms with Crippen LogP contribution in [0.4, 0.5) is 18.9 Å². The molecule has 0 bridgehead atoms. The molecular weight excluding hydrogens is 389 g/mol. The molecule has 0 unspecified atom stereocenters. The van der Waals surface area contributed by atoms with Crippen LogP contribution in [0.2, 0.25) is 0 Å². The van der Waals surface area contributed by atoms with Crippen LogP contribution in [0.1, 0.15) is 24.8 Å². The Hall–Kier alpha value is -2.14. The van der Waals surface area contributed by atoms with Crippen molar-refractivity contribution in [1.29, 1.82) is 0 Å². The van der Waals surface area contributed by atoms with E-state index in [0.717, 1.165) is 6.07 Å². The molecule has 148 valence electrons. The summed E-state index contributed by atoms with van der Waals surface area (Å²) >= 11 is 0. The number of carbonyl (C=O) groups is 2. The normalized spacial score (nSPS) is 23.8. The lowest BCUT2D eigenvalue weighted by atomic mass is 10.2. The summed E-state index contributed by atoms with van der Waals surface area (Å²) in [6.07, 6.45) is -4.52. The molecule has 2 saturated heterocycles. The lowest BCUT2D eigenvalue weighted by molar-refractivity contribution is -0.140. The van der Waals surface area contributed by atoms with Gasteiger partial charge in [0.05, 0.1) is 15.7 Å². The molecule has 2 aliphatic rings. The van der Waals surface area contributed by atoms with E-state index in [1.54, 1.807) is 0 Å². The molecule has 2 aliphatic heterocycles. The Labute approximate surface area is 153 Å². The van der Waals surface area contributed by atoms with Crippen LogP contribution in [0.5, 0.6) is 0 Å². The number of rotatable bonds is 4. The quantitative estimate of drug-likeness (QED) is 0.784. The van der Waals surface area contributed by atoms with Crippen LogP contribution in [0.15, 0.2) is 23.1 Å². The van der Waals surface area contributed by atoms with Gasteiger partial charge in [-0.25, -0.2) is 8.42 Å². The number of amides is 1. The first-order valence-corrected chi connectivity index (χ1v) is 9.78. The highest BCUT2D eigenvalue weighted by Crippen LogP contribution is 2.39. The zero-order valence-electron chi connectivity index (χ0n) is 14.0. The Bertz CT molecular complexity index is 885. The fraction of sp³-hybridized carbons (Fsp3) is 0.500. The lowest BCUT2D eigenvalue weighted by Gasteiger charge is -2.21. The Morgan fingerprint density at radius 2 is 2.00 bits per heavy atom. The first kappa shape index (κ1) is 19.6. The summed E-state index contributed by atoms with van der Waals surface area (Å²) in [5.41, 5.74) is -1.35. The number of halogens is 3. The molecule has 0 spiro atoms. The van der Waals surface area contributed by atoms with Gasteiger partial charge in [-0.3, -0.25) is 9.59 Å². The number of alkyl halides is 3. The summed E-state index contributed by atoms with van der Waals surface area (Å²) in [5.74, 6) is -1.57. The molecular formula is C16H17F3N2O5S. The Balaban J connectivity index is 2.02. The molecule has 27 heavy (non-hydrogen) atoms. The molecule has 11 heteroatoms. The highest BCUT2D eigenvalue weighted by Gasteiger charge is 2.43. The van der Waals surface area contributed by atoms with Gasteiger partial charge >= 0.3 is 12.1 Å². The van der Waals surface area contributed by atoms with E-state index in [-0.39, 0.29) is 37.5 Å². The second kappa shape index (κ2) is 6.79. The molecule has 0 radical (unpaired) electrons. The minimum Gasteiger partial charge on any atom is -0.480 e. The summed E-state index contributed by atoms with van der Waals surface area (Å²) in [4.78, 5) is 23.1. The summed E-state index contributed by atoms with van der Waals surface area (Å²) in [5, 5.41) is 10.2. The Morgan fingerprint density at radius 1 is 1.30 bits per heavy atom. The van der Waals surface area contributed by atoms with Gasteiger partial charge in [-0.05, 0) is 31.0 Å². The van der Waals surface area contributed by atoms with Gasteiger partial charge in [-0.2, -0.15) is 13.2 Å². The van der Waals surface area contributed by atoms with Crippen LogP contribution in [-0.2, 0) is 25.6 Å². The molecule has 3 rings (SSSR count). The van der Waals surface area contributed by atoms with Gasteiger partial charge in [0.25, 0.3) is 0 Å². The molecule has 2 fully saturated rings. The highest BCUT2D eigenvalue weighted by molar-refractivity contribution is 7.92. The van der Waals surface area contributed by atoms with Gasteiger partial charge in [-0.15, -0.1) is 0 Å². The highest BCUT2D eigenvalue weighted by atomic mass is 32.2. The van der Waals surface area contributed by atoms with Gasteiger partial charge < -0.3 is 15.3 Å². The number of carbonyl (C=O) groups excluding carboxylic acids is 1. The number of sulfone groups is 1. The number of nitrogens with one attached hydrogen (secondary N) is 1. The van der Waals surface area contributed by atoms with Crippen molar-refractivity contribution in [2.24, 2.45) is 0 Å². The molecule has 1 aromatic rings. The van der Waals surface area contributed by atoms with Crippen molar-refractivity contribution in [3.8, 4) is 0 Å². The molecule has 2 atom stereocenters. The molecule has 0 aliphatic carbocycles. The lowest BCUT2D eigenvalue weighted by Crippen LogP contribution is -2.30. The van der Waals surface area contributed by atoms with Crippen molar-refractivity contribution >= 4 is 27.4 Å². The molecule has 7 nitrogen and oxygen atoms in total. The zero-order chi connectivity index (χ0) is 20.0. The first-order chi connectivity index (χ1) is 12.5. The van der Waals surface area contributed by atoms with Gasteiger partial charge in [0.1, 0.15) is 6.04 Å². The number of carboxylic acid groups (broad SMARTS) is 1. The smallest absolute Gasteiger partial charge is 0.417 e. The van der Waals surface area contributed by atoms with E-state index in [1.807, 2.05) is 0 Å². The molecule has 2 heterocycles. The summed E-state index contributed by atoms with van der Waals surface area (Å²) in [6, 6.07) is 1.59. The average molecular weight is 406 g/mol. The van der Waals surface area contributed by atoms with E-state index in [4.69, 9.17) is 5.11 Å². The number of carboxylic acids is 1. The number of aliphatic carboxylic acids is 1. The number of nitrogens with zero attached hydrogens (tertiary/aromatic N) is 1. The van der Waals surface area contributed by atoms with Gasteiger partial charge in [-0.1, -0.05) is 0 Å². The number of benzene rings is 1. The third-order valence-electron chi connectivity index (χ3n) is 4.79. The summed E-state index contributed by atoms with van der Waals surface area (Å²) < 4.78 is 66.2. The maximum absolute atomic E-state index is 13.6. The standard InChI is InChI=1S/C16H17F3N2O5S/c17-16(18,19)11-6-9(21-5-1-2-14(21)22)3-4-13(11)27(25,26)10-7-12(15(23)24)20-8-10/h3-4,6,10,12,20H,1-2,5,7-8H2,(H,23,24)/t10-,12+/m1/s1. The Morgan fingerprint density at radius 3 is 2.52 bits per heavy atom. The van der Waals surface area contributed by atoms with E-state index in [2.05, 4.69) is 5.32 Å². The number of hydrogen-bond donors (Lipinski definition) is 2. The minimum atomic E-state index is -4.95. The molecule has 0 saturated carbocycles. The largest absolute Gasteiger partial charge is 0.480 e. The predicted octanol–water partition coefficient (Wildman–Crippen LogP) is 1.42. The molecule has 1 amide bonds. The van der Waals surface area contributed by atoms with Crippen molar-refractivity contribution in [2.75, 3.05) is 18.0 Å². The van der Waals surface area contributed by atoms with Crippen molar-refractivity contribution < 1.29 is 36.3 Å². The second-order valence-electron chi connectivity index (χ2n) is 6.53. The number of hydrogen-bond acceptors (Lipinski definition) is 5. The summed E-state index contributed by atoms with van der Waals surface area (Å²) in [6.45, 7) is 0.0258. The van der Waals surface area contributed by atoms with E-state index < -0.39 is 43.7 Å². The van der Waals surface area contributed by atoms with Crippen molar-refractivity contribution in [3.05, 3.63) is 23.8 Å². The first-order valence-electron chi connectivity index (χ1n) is 8.23. The predicted molar refractivity (Wildman–Crippen MR) is 88.0 cm³/mol. The third-order valence-corrected chi connectivity index (χ3v) is 6.99. The van der Waals surface area contributed by atoms with Crippen molar-refractivity contribution in [1.82, 2.24) is 5.32 Å². The van der Waals surface area contributed by atoms with Crippen LogP contribution in [-0.4, -0.2) is 49.8 Å². The van der Waals surface area contributed by atoms with Crippen molar-refractivity contribution in [3.63, 3.8) is 0 Å². The summed E-state index contributed by atoms with van der Waals surface area (Å²) in [7, 11) is -4.42. The van der Waals surface area contributed by atoms with Gasteiger partial charge in [0.15, 0.2) is 9.84 Å². The molecule has 2 N–H and O–H groups in total. The fourth-order valence-corrected chi connectivity index (χ4v) is 5.24.